The van der Waals surface area contributed by atoms with Gasteiger partial charge in [-0.3, -0.25) is 4.79 Å². The third-order valence-electron chi connectivity index (χ3n) is 4.71. The molecule has 1 heterocycles. The number of aromatic nitrogens is 1. The smallest absolute Gasteiger partial charge is 0.395 e. The van der Waals surface area contributed by atoms with Gasteiger partial charge >= 0.3 is 12.4 Å². The van der Waals surface area contributed by atoms with Crippen molar-refractivity contribution >= 4 is 17.2 Å². The molecule has 1 aromatic heterocycles. The first-order chi connectivity index (χ1) is 15.8. The van der Waals surface area contributed by atoms with Gasteiger partial charge in [-0.15, -0.1) is 11.3 Å². The zero-order chi connectivity index (χ0) is 25.3. The highest BCUT2D eigenvalue weighted by molar-refractivity contribution is 7.15. The van der Waals surface area contributed by atoms with E-state index in [2.05, 4.69) is 10.3 Å². The van der Waals surface area contributed by atoms with Gasteiger partial charge in [0, 0.05) is 13.0 Å². The molecular weight excluding hydrogens is 489 g/mol. The van der Waals surface area contributed by atoms with Crippen molar-refractivity contribution < 1.29 is 40.6 Å². The fourth-order valence-electron chi connectivity index (χ4n) is 3.27. The minimum absolute atomic E-state index is 0.0134. The molecule has 0 aliphatic heterocycles. The largest absolute Gasteiger partial charge is 0.417 e. The van der Waals surface area contributed by atoms with E-state index < -0.39 is 47.4 Å². The number of nitrogens with zero attached hydrogens (tertiary/aromatic N) is 1. The number of benzene rings is 2. The molecule has 0 bridgehead atoms. The second kappa shape index (κ2) is 9.71. The molecule has 3 rings (SSSR count). The van der Waals surface area contributed by atoms with Crippen molar-refractivity contribution in [3.8, 4) is 10.4 Å². The lowest BCUT2D eigenvalue weighted by atomic mass is 10.0. The molecule has 0 radical (unpaired) electrons. The number of thiazole rings is 1. The zero-order valence-electron chi connectivity index (χ0n) is 17.4. The Morgan fingerprint density at radius 2 is 1.76 bits per heavy atom. The van der Waals surface area contributed by atoms with Crippen LogP contribution in [0.2, 0.25) is 0 Å². The number of hydrogen-bond donors (Lipinski definition) is 2. The van der Waals surface area contributed by atoms with Gasteiger partial charge in [0.05, 0.1) is 38.9 Å². The molecule has 1 amide bonds. The molecule has 0 unspecified atom stereocenters. The van der Waals surface area contributed by atoms with Gasteiger partial charge in [-0.25, -0.2) is 9.37 Å². The fourth-order valence-corrected chi connectivity index (χ4v) is 4.36. The Hall–Kier alpha value is -2.99. The average Bonchev–Trinajstić information content (AvgIpc) is 3.09. The fraction of sp³-hybridized carbons (Fsp3) is 0.273. The normalized spacial score (nSPS) is 12.1. The molecule has 12 heteroatoms. The number of amides is 1. The zero-order valence-corrected chi connectivity index (χ0v) is 18.3. The predicted octanol–water partition coefficient (Wildman–Crippen LogP) is 5.61. The molecular formula is C22H17F7N2O2S. The van der Waals surface area contributed by atoms with E-state index in [4.69, 9.17) is 5.11 Å². The molecule has 0 aliphatic rings. The summed E-state index contributed by atoms with van der Waals surface area (Å²) in [5.41, 5.74) is -2.50. The first kappa shape index (κ1) is 25.6. The van der Waals surface area contributed by atoms with Crippen LogP contribution in [0.15, 0.2) is 36.4 Å². The molecule has 182 valence electrons. The highest BCUT2D eigenvalue weighted by Gasteiger charge is 2.36. The van der Waals surface area contributed by atoms with E-state index >= 15 is 0 Å². The molecule has 0 aliphatic carbocycles. The summed E-state index contributed by atoms with van der Waals surface area (Å²) in [5, 5.41) is 11.2. The molecule has 0 fully saturated rings. The topological polar surface area (TPSA) is 62.2 Å². The minimum Gasteiger partial charge on any atom is -0.395 e. The summed E-state index contributed by atoms with van der Waals surface area (Å²) in [6.45, 7) is 0.867. The number of aryl methyl sites for hydroxylation is 1. The number of aliphatic hydroxyl groups excluding tert-OH is 1. The predicted molar refractivity (Wildman–Crippen MR) is 111 cm³/mol. The van der Waals surface area contributed by atoms with Crippen molar-refractivity contribution in [2.24, 2.45) is 0 Å². The van der Waals surface area contributed by atoms with Crippen molar-refractivity contribution in [2.75, 3.05) is 13.2 Å². The summed E-state index contributed by atoms with van der Waals surface area (Å²) < 4.78 is 93.4. The third kappa shape index (κ3) is 5.92. The van der Waals surface area contributed by atoms with Gasteiger partial charge in [0.15, 0.2) is 0 Å². The van der Waals surface area contributed by atoms with Gasteiger partial charge in [0.25, 0.3) is 5.91 Å². The summed E-state index contributed by atoms with van der Waals surface area (Å²) >= 11 is 0.958. The van der Waals surface area contributed by atoms with Crippen molar-refractivity contribution in [1.82, 2.24) is 10.3 Å². The average molecular weight is 506 g/mol. The Balaban J connectivity index is 1.96. The Kier molecular flexibility index (Phi) is 7.32. The minimum atomic E-state index is -4.85. The van der Waals surface area contributed by atoms with Crippen LogP contribution in [0.5, 0.6) is 0 Å². The maximum absolute atomic E-state index is 13.7. The van der Waals surface area contributed by atoms with Gasteiger partial charge in [0.1, 0.15) is 5.82 Å². The number of halogens is 7. The van der Waals surface area contributed by atoms with Crippen LogP contribution in [0, 0.1) is 12.7 Å². The lowest BCUT2D eigenvalue weighted by Crippen LogP contribution is -2.28. The van der Waals surface area contributed by atoms with Crippen LogP contribution in [0.25, 0.3) is 10.4 Å². The number of nitrogens with one attached hydrogen (secondary N) is 1. The van der Waals surface area contributed by atoms with E-state index in [9.17, 15) is 35.5 Å². The van der Waals surface area contributed by atoms with Crippen LogP contribution in [0.4, 0.5) is 30.7 Å². The van der Waals surface area contributed by atoms with Gasteiger partial charge in [0.2, 0.25) is 0 Å². The lowest BCUT2D eigenvalue weighted by molar-refractivity contribution is -0.138. The molecule has 0 saturated carbocycles. The molecule has 0 saturated heterocycles. The molecule has 0 spiro atoms. The van der Waals surface area contributed by atoms with Crippen molar-refractivity contribution in [3.63, 3.8) is 0 Å². The van der Waals surface area contributed by atoms with Crippen LogP contribution >= 0.6 is 11.3 Å². The summed E-state index contributed by atoms with van der Waals surface area (Å²) in [4.78, 5) is 16.6. The molecule has 2 N–H and O–H groups in total. The quantitative estimate of drug-likeness (QED) is 0.428. The lowest BCUT2D eigenvalue weighted by Gasteiger charge is -2.14. The van der Waals surface area contributed by atoms with Crippen LogP contribution in [-0.2, 0) is 18.8 Å². The highest BCUT2D eigenvalue weighted by Crippen LogP contribution is 2.38. The number of alkyl halides is 6. The van der Waals surface area contributed by atoms with Gasteiger partial charge in [-0.1, -0.05) is 6.07 Å². The van der Waals surface area contributed by atoms with E-state index in [0.29, 0.717) is 16.6 Å². The Morgan fingerprint density at radius 3 is 2.38 bits per heavy atom. The molecule has 4 nitrogen and oxygen atoms in total. The summed E-state index contributed by atoms with van der Waals surface area (Å²) in [6, 6.07) is 5.21. The number of rotatable bonds is 6. The summed E-state index contributed by atoms with van der Waals surface area (Å²) in [6.07, 6.45) is -9.74. The van der Waals surface area contributed by atoms with E-state index in [-0.39, 0.29) is 29.1 Å². The molecule has 34 heavy (non-hydrogen) atoms. The SMILES string of the molecule is Cc1nc(Cc2cc(F)cc(C(F)(F)F)c2)sc1-c1ccc(C(=O)NCCO)c(C(F)(F)F)c1. The second-order valence-corrected chi connectivity index (χ2v) is 8.37. The number of aliphatic hydroxyl groups is 1. The first-order valence-corrected chi connectivity index (χ1v) is 10.5. The van der Waals surface area contributed by atoms with Crippen molar-refractivity contribution in [3.05, 3.63) is 75.2 Å². The van der Waals surface area contributed by atoms with Gasteiger partial charge in [-0.2, -0.15) is 26.3 Å². The third-order valence-corrected chi connectivity index (χ3v) is 5.92. The molecule has 2 aromatic carbocycles. The van der Waals surface area contributed by atoms with Crippen LogP contribution in [-0.4, -0.2) is 29.1 Å². The summed E-state index contributed by atoms with van der Waals surface area (Å²) in [5.74, 6) is -2.07. The maximum Gasteiger partial charge on any atom is 0.417 e. The van der Waals surface area contributed by atoms with Crippen LogP contribution in [0.3, 0.4) is 0 Å². The van der Waals surface area contributed by atoms with Crippen molar-refractivity contribution in [1.29, 1.82) is 0 Å². The van der Waals surface area contributed by atoms with Gasteiger partial charge in [-0.05, 0) is 48.4 Å². The number of carbonyl (C=O) groups is 1. The highest BCUT2D eigenvalue weighted by atomic mass is 32.1. The standard InChI is InChI=1S/C22H17F7N2O2S/c1-11-19(13-2-3-16(20(33)30-4-5-32)17(9-13)22(27,28)29)34-18(31-11)8-12-6-14(21(24,25)26)10-15(23)7-12/h2-3,6-7,9-10,32H,4-5,8H2,1H3,(H,30,33). The summed E-state index contributed by atoms with van der Waals surface area (Å²) in [7, 11) is 0. The van der Waals surface area contributed by atoms with Gasteiger partial charge < -0.3 is 10.4 Å². The number of carbonyl (C=O) groups excluding carboxylic acids is 1. The van der Waals surface area contributed by atoms with Crippen LogP contribution in [0.1, 0.15) is 37.7 Å². The Labute approximate surface area is 193 Å². The second-order valence-electron chi connectivity index (χ2n) is 7.28. The monoisotopic (exact) mass is 506 g/mol. The van der Waals surface area contributed by atoms with E-state index in [1.54, 1.807) is 0 Å². The van der Waals surface area contributed by atoms with E-state index in [1.807, 2.05) is 0 Å². The molecule has 3 aromatic rings. The Bertz CT molecular complexity index is 1200. The number of hydrogen-bond acceptors (Lipinski definition) is 4. The first-order valence-electron chi connectivity index (χ1n) is 9.73. The Morgan fingerprint density at radius 1 is 1.06 bits per heavy atom. The molecule has 0 atom stereocenters. The van der Waals surface area contributed by atoms with Crippen molar-refractivity contribution in [2.45, 2.75) is 25.7 Å². The van der Waals surface area contributed by atoms with E-state index in [1.165, 1.54) is 13.0 Å². The van der Waals surface area contributed by atoms with E-state index in [0.717, 1.165) is 35.6 Å². The maximum atomic E-state index is 13.7. The van der Waals surface area contributed by atoms with Crippen LogP contribution < -0.4 is 5.32 Å².